The first-order valence-electron chi connectivity index (χ1n) is 9.66. The van der Waals surface area contributed by atoms with Crippen molar-refractivity contribution in [1.29, 1.82) is 0 Å². The first kappa shape index (κ1) is 22.2. The molecule has 0 aromatic carbocycles. The van der Waals surface area contributed by atoms with Crippen LogP contribution in [0.25, 0.3) is 0 Å². The number of carbonyl (C=O) groups excluding carboxylic acids is 2. The third-order valence-electron chi connectivity index (χ3n) is 7.08. The van der Waals surface area contributed by atoms with Crippen LogP contribution in [0.4, 0.5) is 0 Å². The monoisotopic (exact) mass is 370 g/mol. The predicted molar refractivity (Wildman–Crippen MR) is 104 cm³/mol. The molecule has 146 valence electrons. The second-order valence-electron chi connectivity index (χ2n) is 8.99. The van der Waals surface area contributed by atoms with Crippen LogP contribution < -0.4 is 0 Å². The van der Waals surface area contributed by atoms with E-state index in [9.17, 15) is 9.59 Å². The molecule has 1 aliphatic rings. The van der Waals surface area contributed by atoms with Gasteiger partial charge in [0.1, 0.15) is 0 Å². The molecule has 0 heterocycles. The zero-order valence-corrected chi connectivity index (χ0v) is 18.6. The second kappa shape index (κ2) is 8.23. The summed E-state index contributed by atoms with van der Waals surface area (Å²) in [5.41, 5.74) is 0.904. The number of esters is 2. The summed E-state index contributed by atoms with van der Waals surface area (Å²) in [6.45, 7) is 16.3. The Bertz CT molecular complexity index is 446. The Labute approximate surface area is 155 Å². The van der Waals surface area contributed by atoms with Crippen LogP contribution in [0.2, 0.25) is 22.7 Å². The Morgan fingerprint density at radius 2 is 1.32 bits per heavy atom. The molecule has 0 aromatic rings. The molecule has 0 amide bonds. The van der Waals surface area contributed by atoms with Crippen molar-refractivity contribution in [2.24, 2.45) is 17.3 Å². The molecule has 1 aliphatic carbocycles. The zero-order valence-electron chi connectivity index (χ0n) is 17.6. The first-order valence-corrected chi connectivity index (χ1v) is 12.1. The van der Waals surface area contributed by atoms with E-state index >= 15 is 0 Å². The lowest BCUT2D eigenvalue weighted by atomic mass is 9.85. The van der Waals surface area contributed by atoms with E-state index in [1.807, 2.05) is 0 Å². The van der Waals surface area contributed by atoms with Crippen LogP contribution in [0.15, 0.2) is 0 Å². The van der Waals surface area contributed by atoms with Gasteiger partial charge in [0, 0.05) is 0 Å². The highest BCUT2D eigenvalue weighted by Crippen LogP contribution is 2.54. The highest BCUT2D eigenvalue weighted by molar-refractivity contribution is 6.83. The van der Waals surface area contributed by atoms with Gasteiger partial charge >= 0.3 is 11.9 Å². The van der Waals surface area contributed by atoms with Gasteiger partial charge < -0.3 is 9.47 Å². The van der Waals surface area contributed by atoms with Crippen molar-refractivity contribution >= 4 is 20.0 Å². The minimum Gasteiger partial charge on any atom is -0.468 e. The highest BCUT2D eigenvalue weighted by atomic mass is 28.3. The van der Waals surface area contributed by atoms with Crippen molar-refractivity contribution in [2.45, 2.75) is 84.0 Å². The quantitative estimate of drug-likeness (QED) is 0.358. The van der Waals surface area contributed by atoms with Crippen LogP contribution >= 0.6 is 0 Å². The van der Waals surface area contributed by atoms with Crippen LogP contribution in [0.1, 0.15) is 61.3 Å². The molecule has 1 fully saturated rings. The second-order valence-corrected chi connectivity index (χ2v) is 15.1. The van der Waals surface area contributed by atoms with Crippen molar-refractivity contribution in [2.75, 3.05) is 14.2 Å². The number of methoxy groups -OCH3 is 2. The highest BCUT2D eigenvalue weighted by Gasteiger charge is 2.58. The average molecular weight is 371 g/mol. The SMILES string of the molecule is COC(=O)C1(C(=O)OC)CC(C)C(C[Si](C(C)C)(C(C)C)C(C)C)C1. The number of ether oxygens (including phenoxy) is 2. The smallest absolute Gasteiger partial charge is 0.323 e. The Kier molecular flexibility index (Phi) is 7.31. The van der Waals surface area contributed by atoms with Gasteiger partial charge in [-0.3, -0.25) is 9.59 Å². The topological polar surface area (TPSA) is 52.6 Å². The summed E-state index contributed by atoms with van der Waals surface area (Å²) in [5.74, 6) is -0.169. The summed E-state index contributed by atoms with van der Waals surface area (Å²) in [6.07, 6.45) is 1.10. The predicted octanol–water partition coefficient (Wildman–Crippen LogP) is 5.04. The van der Waals surface area contributed by atoms with Gasteiger partial charge in [-0.15, -0.1) is 0 Å². The fraction of sp³-hybridized carbons (Fsp3) is 0.900. The van der Waals surface area contributed by atoms with E-state index in [1.165, 1.54) is 14.2 Å². The zero-order chi connectivity index (χ0) is 19.6. The largest absolute Gasteiger partial charge is 0.468 e. The van der Waals surface area contributed by atoms with Gasteiger partial charge in [-0.05, 0) is 24.7 Å². The molecule has 0 spiro atoms. The van der Waals surface area contributed by atoms with E-state index in [0.717, 1.165) is 6.04 Å². The fourth-order valence-electron chi connectivity index (χ4n) is 5.69. The standard InChI is InChI=1S/C20H38O4Si/c1-13(2)25(14(3)4,15(5)6)12-17-11-20(10-16(17)7,18(21)23-8)19(22)24-9/h13-17H,10-12H2,1-9H3. The van der Waals surface area contributed by atoms with Gasteiger partial charge in [-0.2, -0.15) is 0 Å². The van der Waals surface area contributed by atoms with E-state index in [4.69, 9.17) is 9.47 Å². The summed E-state index contributed by atoms with van der Waals surface area (Å²) in [6, 6.07) is 1.16. The Balaban J connectivity index is 3.22. The molecule has 0 N–H and O–H groups in total. The van der Waals surface area contributed by atoms with Gasteiger partial charge in [0.25, 0.3) is 0 Å². The molecule has 1 saturated carbocycles. The molecule has 4 nitrogen and oxygen atoms in total. The van der Waals surface area contributed by atoms with Crippen molar-refractivity contribution in [3.63, 3.8) is 0 Å². The number of hydrogen-bond acceptors (Lipinski definition) is 4. The van der Waals surface area contributed by atoms with Crippen LogP contribution in [0, 0.1) is 17.3 Å². The van der Waals surface area contributed by atoms with Crippen molar-refractivity contribution < 1.29 is 19.1 Å². The maximum atomic E-state index is 12.5. The lowest BCUT2D eigenvalue weighted by molar-refractivity contribution is -0.169. The molecule has 25 heavy (non-hydrogen) atoms. The summed E-state index contributed by atoms with van der Waals surface area (Å²) in [5, 5.41) is 0. The van der Waals surface area contributed by atoms with E-state index in [1.54, 1.807) is 0 Å². The molecule has 0 saturated heterocycles. The van der Waals surface area contributed by atoms with Gasteiger partial charge in [0.05, 0.1) is 22.3 Å². The molecular weight excluding hydrogens is 332 g/mol. The summed E-state index contributed by atoms with van der Waals surface area (Å²) in [7, 11) is 1.13. The van der Waals surface area contributed by atoms with Crippen LogP contribution in [-0.4, -0.2) is 34.2 Å². The van der Waals surface area contributed by atoms with E-state index in [-0.39, 0.29) is 0 Å². The van der Waals surface area contributed by atoms with Gasteiger partial charge in [-0.1, -0.05) is 71.1 Å². The van der Waals surface area contributed by atoms with Crippen LogP contribution in [0.5, 0.6) is 0 Å². The summed E-state index contributed by atoms with van der Waals surface area (Å²) in [4.78, 5) is 25.0. The molecule has 2 unspecified atom stereocenters. The maximum Gasteiger partial charge on any atom is 0.323 e. The third-order valence-corrected chi connectivity index (χ3v) is 14.8. The van der Waals surface area contributed by atoms with Crippen LogP contribution in [0.3, 0.4) is 0 Å². The molecule has 0 bridgehead atoms. The maximum absolute atomic E-state index is 12.5. The lowest BCUT2D eigenvalue weighted by Gasteiger charge is -2.45. The van der Waals surface area contributed by atoms with E-state index in [0.29, 0.717) is 41.3 Å². The Hall–Kier alpha value is -0.843. The van der Waals surface area contributed by atoms with E-state index < -0.39 is 25.4 Å². The summed E-state index contributed by atoms with van der Waals surface area (Å²) < 4.78 is 10.0. The molecular formula is C20H38O4Si. The number of hydrogen-bond donors (Lipinski definition) is 0. The average Bonchev–Trinajstić information content (AvgIpc) is 2.87. The minimum absolute atomic E-state index is 0.321. The van der Waals surface area contributed by atoms with Gasteiger partial charge in [-0.25, -0.2) is 0 Å². The van der Waals surface area contributed by atoms with Crippen molar-refractivity contribution in [3.8, 4) is 0 Å². The molecule has 0 radical (unpaired) electrons. The molecule has 2 atom stereocenters. The number of rotatable bonds is 7. The Morgan fingerprint density at radius 1 is 0.920 bits per heavy atom. The molecule has 0 aliphatic heterocycles. The van der Waals surface area contributed by atoms with Crippen molar-refractivity contribution in [3.05, 3.63) is 0 Å². The Morgan fingerprint density at radius 3 is 1.64 bits per heavy atom. The van der Waals surface area contributed by atoms with Gasteiger partial charge in [0.15, 0.2) is 5.41 Å². The van der Waals surface area contributed by atoms with Crippen LogP contribution in [-0.2, 0) is 19.1 Å². The normalized spacial score (nSPS) is 23.4. The number of carbonyl (C=O) groups is 2. The molecule has 0 aromatic heterocycles. The summed E-state index contributed by atoms with van der Waals surface area (Å²) >= 11 is 0. The molecule has 5 heteroatoms. The lowest BCUT2D eigenvalue weighted by Crippen LogP contribution is -2.46. The molecule has 1 rings (SSSR count). The first-order chi connectivity index (χ1) is 11.5. The minimum atomic E-state index is -1.59. The van der Waals surface area contributed by atoms with Gasteiger partial charge in [0.2, 0.25) is 0 Å². The van der Waals surface area contributed by atoms with Crippen molar-refractivity contribution in [1.82, 2.24) is 0 Å². The fourth-order valence-corrected chi connectivity index (χ4v) is 12.6. The third kappa shape index (κ3) is 3.81. The van der Waals surface area contributed by atoms with E-state index in [2.05, 4.69) is 48.5 Å².